The smallest absolute Gasteiger partial charge is 0.0760 e. The fourth-order valence-electron chi connectivity index (χ4n) is 2.28. The number of nitrogens with zero attached hydrogens (tertiary/aromatic N) is 2. The number of ether oxygens (including phenoxy) is 1. The highest BCUT2D eigenvalue weighted by molar-refractivity contribution is 9.10. The number of methoxy groups -OCH3 is 1. The molecule has 1 aromatic heterocycles. The Hall–Kier alpha value is -0.880. The maximum atomic E-state index is 6.13. The van der Waals surface area contributed by atoms with Gasteiger partial charge in [0.15, 0.2) is 0 Å². The van der Waals surface area contributed by atoms with Gasteiger partial charge in [0.2, 0.25) is 0 Å². The number of rotatable bonds is 7. The molecular weight excluding hydrogens is 354 g/mol. The number of aromatic nitrogens is 2. The third-order valence-corrected chi connectivity index (χ3v) is 4.05. The van der Waals surface area contributed by atoms with Gasteiger partial charge in [-0.2, -0.15) is 5.10 Å². The van der Waals surface area contributed by atoms with Crippen molar-refractivity contribution in [3.05, 3.63) is 51.2 Å². The summed E-state index contributed by atoms with van der Waals surface area (Å²) in [6.45, 7) is 4.26. The molecule has 0 saturated carbocycles. The topological polar surface area (TPSA) is 39.1 Å². The molecule has 1 N–H and O–H groups in total. The molecule has 0 aliphatic carbocycles. The third kappa shape index (κ3) is 4.07. The van der Waals surface area contributed by atoms with Crippen molar-refractivity contribution in [1.29, 1.82) is 0 Å². The zero-order chi connectivity index (χ0) is 15.2. The Kier molecular flexibility index (Phi) is 6.23. The quantitative estimate of drug-likeness (QED) is 0.806. The van der Waals surface area contributed by atoms with Crippen molar-refractivity contribution < 1.29 is 4.74 Å². The molecule has 0 amide bonds. The molecule has 0 aliphatic heterocycles. The van der Waals surface area contributed by atoms with Crippen molar-refractivity contribution in [2.75, 3.05) is 20.3 Å². The first-order chi connectivity index (χ1) is 10.2. The molecule has 1 aromatic carbocycles. The van der Waals surface area contributed by atoms with Crippen LogP contribution in [0.15, 0.2) is 34.9 Å². The van der Waals surface area contributed by atoms with Gasteiger partial charge in [-0.25, -0.2) is 0 Å². The van der Waals surface area contributed by atoms with Gasteiger partial charge in [0.1, 0.15) is 0 Å². The van der Waals surface area contributed by atoms with Gasteiger partial charge in [-0.15, -0.1) is 0 Å². The maximum absolute atomic E-state index is 6.13. The molecule has 4 nitrogen and oxygen atoms in total. The highest BCUT2D eigenvalue weighted by Gasteiger charge is 2.21. The van der Waals surface area contributed by atoms with Gasteiger partial charge in [-0.3, -0.25) is 4.68 Å². The van der Waals surface area contributed by atoms with E-state index in [-0.39, 0.29) is 6.04 Å². The lowest BCUT2D eigenvalue weighted by Gasteiger charge is -2.21. The second-order valence-corrected chi connectivity index (χ2v) is 5.93. The lowest BCUT2D eigenvalue weighted by Crippen LogP contribution is -2.26. The van der Waals surface area contributed by atoms with E-state index in [9.17, 15) is 0 Å². The van der Waals surface area contributed by atoms with E-state index in [1.165, 1.54) is 0 Å². The van der Waals surface area contributed by atoms with Crippen molar-refractivity contribution in [3.8, 4) is 0 Å². The molecule has 1 unspecified atom stereocenters. The monoisotopic (exact) mass is 371 g/mol. The zero-order valence-electron chi connectivity index (χ0n) is 12.1. The average molecular weight is 373 g/mol. The number of hydrogen-bond donors (Lipinski definition) is 1. The summed E-state index contributed by atoms with van der Waals surface area (Å²) in [7, 11) is 1.69. The van der Waals surface area contributed by atoms with E-state index >= 15 is 0 Å². The summed E-state index contributed by atoms with van der Waals surface area (Å²) in [6, 6.07) is 7.92. The Morgan fingerprint density at radius 3 is 2.95 bits per heavy atom. The van der Waals surface area contributed by atoms with Gasteiger partial charge in [0.05, 0.1) is 35.6 Å². The first-order valence-corrected chi connectivity index (χ1v) is 8.03. The molecule has 0 radical (unpaired) electrons. The lowest BCUT2D eigenvalue weighted by molar-refractivity contribution is 0.182. The van der Waals surface area contributed by atoms with Crippen LogP contribution in [0.1, 0.15) is 24.2 Å². The van der Waals surface area contributed by atoms with Gasteiger partial charge in [0.25, 0.3) is 0 Å². The van der Waals surface area contributed by atoms with E-state index in [0.29, 0.717) is 13.2 Å². The van der Waals surface area contributed by atoms with Crippen LogP contribution in [0.2, 0.25) is 5.02 Å². The minimum atomic E-state index is 0.0300. The molecule has 0 spiro atoms. The van der Waals surface area contributed by atoms with Gasteiger partial charge < -0.3 is 10.1 Å². The molecule has 0 saturated heterocycles. The Labute approximate surface area is 138 Å². The van der Waals surface area contributed by atoms with Gasteiger partial charge in [0, 0.05) is 12.1 Å². The van der Waals surface area contributed by atoms with Crippen LogP contribution in [0.3, 0.4) is 0 Å². The minimum Gasteiger partial charge on any atom is -0.383 e. The predicted molar refractivity (Wildman–Crippen MR) is 88.8 cm³/mol. The molecule has 1 heterocycles. The number of nitrogens with one attached hydrogen (secondary N) is 1. The molecule has 114 valence electrons. The summed E-state index contributed by atoms with van der Waals surface area (Å²) in [4.78, 5) is 0. The lowest BCUT2D eigenvalue weighted by atomic mass is 10.0. The Morgan fingerprint density at radius 2 is 2.29 bits per heavy atom. The fourth-order valence-corrected chi connectivity index (χ4v) is 3.00. The molecule has 0 fully saturated rings. The molecule has 0 bridgehead atoms. The first-order valence-electron chi connectivity index (χ1n) is 6.86. The first kappa shape index (κ1) is 16.5. The second kappa shape index (κ2) is 7.94. The summed E-state index contributed by atoms with van der Waals surface area (Å²) in [5, 5.41) is 8.65. The van der Waals surface area contributed by atoms with Crippen molar-refractivity contribution in [2.24, 2.45) is 0 Å². The molecule has 2 aromatic rings. The standard InChI is InChI=1S/C15H19BrClN3O/c1-3-18-14(11-5-4-6-12(17)9-11)15-13(16)10-19-20(15)7-8-21-2/h4-6,9-10,14,18H,3,7-8H2,1-2H3. The minimum absolute atomic E-state index is 0.0300. The van der Waals surface area contributed by atoms with E-state index in [1.54, 1.807) is 7.11 Å². The van der Waals surface area contributed by atoms with Crippen LogP contribution in [0.5, 0.6) is 0 Å². The Bertz CT molecular complexity index is 588. The molecule has 1 atom stereocenters. The van der Waals surface area contributed by atoms with Crippen LogP contribution < -0.4 is 5.32 Å². The van der Waals surface area contributed by atoms with Crippen LogP contribution >= 0.6 is 27.5 Å². The van der Waals surface area contributed by atoms with Crippen LogP contribution in [-0.2, 0) is 11.3 Å². The SMILES string of the molecule is CCNC(c1cccc(Cl)c1)c1c(Br)cnn1CCOC. The Morgan fingerprint density at radius 1 is 1.48 bits per heavy atom. The summed E-state index contributed by atoms with van der Waals surface area (Å²) in [6.07, 6.45) is 1.82. The third-order valence-electron chi connectivity index (χ3n) is 3.20. The number of benzene rings is 1. The van der Waals surface area contributed by atoms with Crippen LogP contribution in [0, 0.1) is 0 Å². The molecular formula is C15H19BrClN3O. The van der Waals surface area contributed by atoms with Crippen molar-refractivity contribution in [1.82, 2.24) is 15.1 Å². The zero-order valence-corrected chi connectivity index (χ0v) is 14.5. The van der Waals surface area contributed by atoms with Crippen molar-refractivity contribution >= 4 is 27.5 Å². The molecule has 0 aliphatic rings. The van der Waals surface area contributed by atoms with E-state index in [1.807, 2.05) is 29.1 Å². The van der Waals surface area contributed by atoms with Gasteiger partial charge in [-0.05, 0) is 40.2 Å². The van der Waals surface area contributed by atoms with Crippen LogP contribution in [0.4, 0.5) is 0 Å². The summed E-state index contributed by atoms with van der Waals surface area (Å²) in [5.41, 5.74) is 2.19. The molecule has 2 rings (SSSR count). The Balaban J connectivity index is 2.40. The summed E-state index contributed by atoms with van der Waals surface area (Å²) in [5.74, 6) is 0. The van der Waals surface area contributed by atoms with Crippen LogP contribution in [0.25, 0.3) is 0 Å². The fraction of sp³-hybridized carbons (Fsp3) is 0.400. The maximum Gasteiger partial charge on any atom is 0.0760 e. The average Bonchev–Trinajstić information content (AvgIpc) is 2.83. The highest BCUT2D eigenvalue weighted by Crippen LogP contribution is 2.29. The molecule has 6 heteroatoms. The molecule has 21 heavy (non-hydrogen) atoms. The van der Waals surface area contributed by atoms with E-state index in [0.717, 1.165) is 27.3 Å². The number of halogens is 2. The largest absolute Gasteiger partial charge is 0.383 e. The highest BCUT2D eigenvalue weighted by atomic mass is 79.9. The predicted octanol–water partition coefficient (Wildman–Crippen LogP) is 3.64. The number of hydrogen-bond acceptors (Lipinski definition) is 3. The van der Waals surface area contributed by atoms with E-state index in [2.05, 4.69) is 39.3 Å². The van der Waals surface area contributed by atoms with Crippen molar-refractivity contribution in [3.63, 3.8) is 0 Å². The normalized spacial score (nSPS) is 12.6. The van der Waals surface area contributed by atoms with Gasteiger partial charge >= 0.3 is 0 Å². The summed E-state index contributed by atoms with van der Waals surface area (Å²) >= 11 is 9.73. The van der Waals surface area contributed by atoms with E-state index < -0.39 is 0 Å². The van der Waals surface area contributed by atoms with Gasteiger partial charge in [-0.1, -0.05) is 30.7 Å². The second-order valence-electron chi connectivity index (χ2n) is 4.64. The summed E-state index contributed by atoms with van der Waals surface area (Å²) < 4.78 is 8.09. The van der Waals surface area contributed by atoms with Crippen LogP contribution in [-0.4, -0.2) is 30.0 Å². The van der Waals surface area contributed by atoms with Crippen molar-refractivity contribution in [2.45, 2.75) is 19.5 Å². The van der Waals surface area contributed by atoms with E-state index in [4.69, 9.17) is 16.3 Å².